The third kappa shape index (κ3) is 5.79. The summed E-state index contributed by atoms with van der Waals surface area (Å²) in [5.74, 6) is -0.658. The van der Waals surface area contributed by atoms with Gasteiger partial charge in [-0.05, 0) is 24.6 Å². The lowest BCUT2D eigenvalue weighted by atomic mass is 10.2. The van der Waals surface area contributed by atoms with Gasteiger partial charge in [0.1, 0.15) is 0 Å². The van der Waals surface area contributed by atoms with Crippen LogP contribution in [0, 0.1) is 0 Å². The fourth-order valence-electron chi connectivity index (χ4n) is 1.38. The molecule has 0 unspecified atom stereocenters. The van der Waals surface area contributed by atoms with E-state index in [1.807, 2.05) is 0 Å². The van der Waals surface area contributed by atoms with Crippen LogP contribution >= 0.6 is 10.7 Å². The number of carbonyl (C=O) groups excluding carboxylic acids is 1. The van der Waals surface area contributed by atoms with Gasteiger partial charge in [-0.2, -0.15) is 13.2 Å². The van der Waals surface area contributed by atoms with E-state index in [0.29, 0.717) is 0 Å². The van der Waals surface area contributed by atoms with Crippen LogP contribution in [0.25, 0.3) is 0 Å². The Morgan fingerprint density at radius 1 is 1.30 bits per heavy atom. The standard InChI is InChI=1S/C11H11ClF3NO3S/c12-20(18,19)9-4-1-3-8(7-9)10(17)16-6-2-5-11(13,14)15/h1,3-4,7H,2,5-6H2,(H,16,17). The predicted molar refractivity (Wildman–Crippen MR) is 67.1 cm³/mol. The fourth-order valence-corrected chi connectivity index (χ4v) is 2.18. The molecular weight excluding hydrogens is 319 g/mol. The molecule has 1 aromatic rings. The van der Waals surface area contributed by atoms with Crippen molar-refractivity contribution in [1.82, 2.24) is 5.32 Å². The van der Waals surface area contributed by atoms with Crippen molar-refractivity contribution in [1.29, 1.82) is 0 Å². The predicted octanol–water partition coefficient (Wildman–Crippen LogP) is 2.69. The minimum atomic E-state index is -4.27. The molecule has 0 aliphatic rings. The molecular formula is C11H11ClF3NO3S. The van der Waals surface area contributed by atoms with Gasteiger partial charge in [-0.3, -0.25) is 4.79 Å². The third-order valence-corrected chi connectivity index (χ3v) is 3.65. The van der Waals surface area contributed by atoms with Gasteiger partial charge in [-0.15, -0.1) is 0 Å². The normalized spacial score (nSPS) is 12.2. The second-order valence-corrected chi connectivity index (χ2v) is 6.51. The van der Waals surface area contributed by atoms with Gasteiger partial charge in [0.15, 0.2) is 0 Å². The number of halogens is 4. The van der Waals surface area contributed by atoms with E-state index in [1.165, 1.54) is 18.2 Å². The molecule has 1 rings (SSSR count). The summed E-state index contributed by atoms with van der Waals surface area (Å²) < 4.78 is 57.9. The molecule has 20 heavy (non-hydrogen) atoms. The summed E-state index contributed by atoms with van der Waals surface area (Å²) in [4.78, 5) is 11.4. The Labute approximate surface area is 118 Å². The van der Waals surface area contributed by atoms with Crippen molar-refractivity contribution in [3.8, 4) is 0 Å². The van der Waals surface area contributed by atoms with Crippen molar-refractivity contribution >= 4 is 25.6 Å². The van der Waals surface area contributed by atoms with E-state index in [9.17, 15) is 26.4 Å². The first-order valence-corrected chi connectivity index (χ1v) is 7.80. The molecule has 0 heterocycles. The summed E-state index contributed by atoms with van der Waals surface area (Å²) in [7, 11) is 1.17. The van der Waals surface area contributed by atoms with Crippen LogP contribution in [0.4, 0.5) is 13.2 Å². The second-order valence-electron chi connectivity index (χ2n) is 3.94. The van der Waals surface area contributed by atoms with E-state index in [4.69, 9.17) is 10.7 Å². The van der Waals surface area contributed by atoms with Crippen molar-refractivity contribution in [3.05, 3.63) is 29.8 Å². The molecule has 0 bridgehead atoms. The highest BCUT2D eigenvalue weighted by Gasteiger charge is 2.26. The van der Waals surface area contributed by atoms with Crippen molar-refractivity contribution in [3.63, 3.8) is 0 Å². The van der Waals surface area contributed by atoms with Crippen LogP contribution in [0.15, 0.2) is 29.2 Å². The topological polar surface area (TPSA) is 63.2 Å². The number of rotatable bonds is 5. The lowest BCUT2D eigenvalue weighted by Crippen LogP contribution is -2.25. The minimum absolute atomic E-state index is 0.0127. The fraction of sp³-hybridized carbons (Fsp3) is 0.364. The van der Waals surface area contributed by atoms with E-state index in [2.05, 4.69) is 5.32 Å². The van der Waals surface area contributed by atoms with Crippen molar-refractivity contribution in [2.45, 2.75) is 23.9 Å². The molecule has 0 saturated carbocycles. The van der Waals surface area contributed by atoms with Gasteiger partial charge in [-0.1, -0.05) is 6.07 Å². The number of amides is 1. The molecule has 0 aromatic heterocycles. The Morgan fingerprint density at radius 3 is 2.50 bits per heavy atom. The van der Waals surface area contributed by atoms with Gasteiger partial charge in [0, 0.05) is 29.2 Å². The molecule has 0 aliphatic carbocycles. The molecule has 1 aromatic carbocycles. The van der Waals surface area contributed by atoms with E-state index in [1.54, 1.807) is 0 Å². The van der Waals surface area contributed by atoms with E-state index < -0.39 is 27.6 Å². The molecule has 112 valence electrons. The van der Waals surface area contributed by atoms with Crippen LogP contribution in [-0.2, 0) is 9.05 Å². The first-order chi connectivity index (χ1) is 9.09. The van der Waals surface area contributed by atoms with Gasteiger partial charge in [0.25, 0.3) is 15.0 Å². The monoisotopic (exact) mass is 329 g/mol. The number of benzene rings is 1. The van der Waals surface area contributed by atoms with Gasteiger partial charge >= 0.3 is 6.18 Å². The van der Waals surface area contributed by atoms with E-state index >= 15 is 0 Å². The molecule has 0 radical (unpaired) electrons. The van der Waals surface area contributed by atoms with Gasteiger partial charge in [0.05, 0.1) is 4.90 Å². The number of hydrogen-bond donors (Lipinski definition) is 1. The van der Waals surface area contributed by atoms with Gasteiger partial charge < -0.3 is 5.32 Å². The van der Waals surface area contributed by atoms with Crippen LogP contribution in [-0.4, -0.2) is 27.0 Å². The van der Waals surface area contributed by atoms with Crippen molar-refractivity contribution in [2.24, 2.45) is 0 Å². The Morgan fingerprint density at radius 2 is 1.95 bits per heavy atom. The van der Waals surface area contributed by atoms with E-state index in [0.717, 1.165) is 6.07 Å². The largest absolute Gasteiger partial charge is 0.389 e. The number of carbonyl (C=O) groups is 1. The molecule has 0 saturated heterocycles. The molecule has 0 fully saturated rings. The molecule has 9 heteroatoms. The van der Waals surface area contributed by atoms with Crippen LogP contribution in [0.2, 0.25) is 0 Å². The average Bonchev–Trinajstić information content (AvgIpc) is 2.32. The van der Waals surface area contributed by atoms with Crippen LogP contribution < -0.4 is 5.32 Å². The average molecular weight is 330 g/mol. The van der Waals surface area contributed by atoms with Crippen LogP contribution in [0.3, 0.4) is 0 Å². The zero-order chi connectivity index (χ0) is 15.4. The number of hydrogen-bond acceptors (Lipinski definition) is 3. The second kappa shape index (κ2) is 6.45. The highest BCUT2D eigenvalue weighted by Crippen LogP contribution is 2.20. The highest BCUT2D eigenvalue weighted by molar-refractivity contribution is 8.13. The third-order valence-electron chi connectivity index (χ3n) is 2.30. The molecule has 0 spiro atoms. The maximum absolute atomic E-state index is 11.9. The Kier molecular flexibility index (Phi) is 5.41. The Hall–Kier alpha value is -1.28. The van der Waals surface area contributed by atoms with Gasteiger partial charge in [0.2, 0.25) is 0 Å². The Balaban J connectivity index is 2.61. The quantitative estimate of drug-likeness (QED) is 0.667. The SMILES string of the molecule is O=C(NCCCC(F)(F)F)c1cccc(S(=O)(=O)Cl)c1. The number of alkyl halides is 3. The summed E-state index contributed by atoms with van der Waals surface area (Å²) in [5, 5.41) is 2.27. The zero-order valence-corrected chi connectivity index (χ0v) is 11.6. The lowest BCUT2D eigenvalue weighted by molar-refractivity contribution is -0.135. The molecule has 1 amide bonds. The first-order valence-electron chi connectivity index (χ1n) is 5.49. The van der Waals surface area contributed by atoms with Crippen molar-refractivity contribution < 1.29 is 26.4 Å². The molecule has 4 nitrogen and oxygen atoms in total. The van der Waals surface area contributed by atoms with E-state index in [-0.39, 0.29) is 23.4 Å². The summed E-state index contributed by atoms with van der Waals surface area (Å²) in [5.41, 5.74) is 0.0127. The van der Waals surface area contributed by atoms with Crippen LogP contribution in [0.5, 0.6) is 0 Å². The molecule has 0 atom stereocenters. The van der Waals surface area contributed by atoms with Crippen LogP contribution in [0.1, 0.15) is 23.2 Å². The minimum Gasteiger partial charge on any atom is -0.352 e. The van der Waals surface area contributed by atoms with Crippen molar-refractivity contribution in [2.75, 3.05) is 6.54 Å². The zero-order valence-electron chi connectivity index (χ0n) is 10.1. The summed E-state index contributed by atoms with van der Waals surface area (Å²) in [6.07, 6.45) is -5.51. The highest BCUT2D eigenvalue weighted by atomic mass is 35.7. The summed E-state index contributed by atoms with van der Waals surface area (Å²) in [6.45, 7) is -0.157. The lowest BCUT2D eigenvalue weighted by Gasteiger charge is -2.08. The maximum atomic E-state index is 11.9. The smallest absolute Gasteiger partial charge is 0.352 e. The molecule has 0 aliphatic heterocycles. The van der Waals surface area contributed by atoms with Gasteiger partial charge in [-0.25, -0.2) is 8.42 Å². The summed E-state index contributed by atoms with van der Waals surface area (Å²) in [6, 6.07) is 4.93. The number of nitrogens with one attached hydrogen (secondary N) is 1. The maximum Gasteiger partial charge on any atom is 0.389 e. The first kappa shape index (κ1) is 16.8. The molecule has 1 N–H and O–H groups in total. The Bertz CT molecular complexity index is 587. The summed E-state index contributed by atoms with van der Waals surface area (Å²) >= 11 is 0.